The molecule has 0 saturated carbocycles. The van der Waals surface area contributed by atoms with Gasteiger partial charge in [-0.2, -0.15) is 0 Å². The Labute approximate surface area is 91.9 Å². The molecule has 0 aromatic heterocycles. The molecule has 1 heteroatoms. The largest absolute Gasteiger partial charge is 0.301 e. The van der Waals surface area contributed by atoms with Gasteiger partial charge >= 0.3 is 0 Å². The van der Waals surface area contributed by atoms with E-state index < -0.39 is 0 Å². The number of rotatable bonds is 7. The lowest BCUT2D eigenvalue weighted by Crippen LogP contribution is -2.34. The molecule has 0 N–H and O–H groups in total. The molecule has 0 rings (SSSR count). The van der Waals surface area contributed by atoms with Crippen LogP contribution in [0.25, 0.3) is 0 Å². The second kappa shape index (κ2) is 13.0. The molecule has 0 spiro atoms. The quantitative estimate of drug-likeness (QED) is 0.593. The van der Waals surface area contributed by atoms with Gasteiger partial charge in [-0.25, -0.2) is 0 Å². The third kappa shape index (κ3) is 7.37. The fraction of sp³-hybridized carbons (Fsp3) is 1.00. The smallest absolute Gasteiger partial charge is 0.00898 e. The van der Waals surface area contributed by atoms with E-state index in [1.807, 2.05) is 13.8 Å². The lowest BCUT2D eigenvalue weighted by Gasteiger charge is -2.28. The van der Waals surface area contributed by atoms with Crippen molar-refractivity contribution in [2.24, 2.45) is 0 Å². The van der Waals surface area contributed by atoms with E-state index in [-0.39, 0.29) is 0 Å². The molecule has 0 atom stereocenters. The van der Waals surface area contributed by atoms with Gasteiger partial charge in [0.15, 0.2) is 0 Å². The highest BCUT2D eigenvalue weighted by Gasteiger charge is 2.11. The summed E-state index contributed by atoms with van der Waals surface area (Å²) < 4.78 is 0. The highest BCUT2D eigenvalue weighted by Crippen LogP contribution is 2.08. The predicted molar refractivity (Wildman–Crippen MR) is 67.9 cm³/mol. The SMILES string of the molecule is CC.CCCCN(CC)C(CC)CC. The Morgan fingerprint density at radius 3 is 1.71 bits per heavy atom. The average molecular weight is 201 g/mol. The van der Waals surface area contributed by atoms with Crippen molar-refractivity contribution in [3.05, 3.63) is 0 Å². The van der Waals surface area contributed by atoms with Crippen molar-refractivity contribution in [3.8, 4) is 0 Å². The Kier molecular flexibility index (Phi) is 15.2. The van der Waals surface area contributed by atoms with Crippen molar-refractivity contribution in [1.29, 1.82) is 0 Å². The fourth-order valence-electron chi connectivity index (χ4n) is 1.77. The van der Waals surface area contributed by atoms with Gasteiger partial charge in [-0.3, -0.25) is 0 Å². The molecule has 0 bridgehead atoms. The molecule has 0 unspecified atom stereocenters. The predicted octanol–water partition coefficient (Wildman–Crippen LogP) is 4.32. The molecule has 14 heavy (non-hydrogen) atoms. The molecular formula is C13H31N. The Hall–Kier alpha value is -0.0400. The van der Waals surface area contributed by atoms with Crippen molar-refractivity contribution >= 4 is 0 Å². The summed E-state index contributed by atoms with van der Waals surface area (Å²) in [7, 11) is 0. The summed E-state index contributed by atoms with van der Waals surface area (Å²) in [4.78, 5) is 2.61. The van der Waals surface area contributed by atoms with Crippen LogP contribution in [0.5, 0.6) is 0 Å². The van der Waals surface area contributed by atoms with Crippen LogP contribution in [0.1, 0.15) is 67.2 Å². The summed E-state index contributed by atoms with van der Waals surface area (Å²) in [5.41, 5.74) is 0. The van der Waals surface area contributed by atoms with Gasteiger partial charge in [-0.1, -0.05) is 48.0 Å². The van der Waals surface area contributed by atoms with E-state index in [9.17, 15) is 0 Å². The van der Waals surface area contributed by atoms with E-state index in [1.165, 1.54) is 38.8 Å². The summed E-state index contributed by atoms with van der Waals surface area (Å²) in [5.74, 6) is 0. The van der Waals surface area contributed by atoms with Gasteiger partial charge in [-0.15, -0.1) is 0 Å². The van der Waals surface area contributed by atoms with Crippen LogP contribution in [0.4, 0.5) is 0 Å². The first-order chi connectivity index (χ1) is 6.79. The summed E-state index contributed by atoms with van der Waals surface area (Å²) in [6, 6.07) is 0.821. The van der Waals surface area contributed by atoms with Gasteiger partial charge in [-0.05, 0) is 32.4 Å². The second-order valence-electron chi connectivity index (χ2n) is 3.45. The Morgan fingerprint density at radius 1 is 0.929 bits per heavy atom. The third-order valence-corrected chi connectivity index (χ3v) is 2.66. The molecule has 0 aliphatic rings. The zero-order valence-corrected chi connectivity index (χ0v) is 11.3. The van der Waals surface area contributed by atoms with Crippen molar-refractivity contribution < 1.29 is 0 Å². The summed E-state index contributed by atoms with van der Waals surface area (Å²) in [6.45, 7) is 15.6. The lowest BCUT2D eigenvalue weighted by molar-refractivity contribution is 0.193. The van der Waals surface area contributed by atoms with Gasteiger partial charge in [0, 0.05) is 6.04 Å². The highest BCUT2D eigenvalue weighted by molar-refractivity contribution is 4.67. The van der Waals surface area contributed by atoms with E-state index in [0.29, 0.717) is 0 Å². The summed E-state index contributed by atoms with van der Waals surface area (Å²) in [6.07, 6.45) is 5.27. The van der Waals surface area contributed by atoms with E-state index in [2.05, 4.69) is 32.6 Å². The zero-order valence-electron chi connectivity index (χ0n) is 11.3. The molecular weight excluding hydrogens is 170 g/mol. The molecule has 0 aliphatic heterocycles. The number of nitrogens with zero attached hydrogens (tertiary/aromatic N) is 1. The van der Waals surface area contributed by atoms with Crippen LogP contribution < -0.4 is 0 Å². The number of unbranched alkanes of at least 4 members (excludes halogenated alkanes) is 1. The number of hydrogen-bond acceptors (Lipinski definition) is 1. The summed E-state index contributed by atoms with van der Waals surface area (Å²) >= 11 is 0. The highest BCUT2D eigenvalue weighted by atomic mass is 15.1. The molecule has 0 aromatic carbocycles. The minimum atomic E-state index is 0.821. The maximum absolute atomic E-state index is 2.61. The van der Waals surface area contributed by atoms with Crippen molar-refractivity contribution in [2.75, 3.05) is 13.1 Å². The third-order valence-electron chi connectivity index (χ3n) is 2.66. The normalized spacial score (nSPS) is 10.3. The second-order valence-corrected chi connectivity index (χ2v) is 3.45. The maximum Gasteiger partial charge on any atom is 0.00898 e. The Balaban J connectivity index is 0. The molecule has 0 fully saturated rings. The maximum atomic E-state index is 2.61. The van der Waals surface area contributed by atoms with Crippen LogP contribution in [0.15, 0.2) is 0 Å². The van der Waals surface area contributed by atoms with Crippen molar-refractivity contribution in [2.45, 2.75) is 73.3 Å². The summed E-state index contributed by atoms with van der Waals surface area (Å²) in [5, 5.41) is 0. The first-order valence-electron chi connectivity index (χ1n) is 6.54. The van der Waals surface area contributed by atoms with Gasteiger partial charge in [0.25, 0.3) is 0 Å². The van der Waals surface area contributed by atoms with Crippen LogP contribution in [0.2, 0.25) is 0 Å². The molecule has 0 radical (unpaired) electrons. The minimum Gasteiger partial charge on any atom is -0.301 e. The molecule has 0 amide bonds. The molecule has 1 nitrogen and oxygen atoms in total. The van der Waals surface area contributed by atoms with Crippen LogP contribution in [-0.4, -0.2) is 24.0 Å². The molecule has 0 aromatic rings. The minimum absolute atomic E-state index is 0.821. The Bertz CT molecular complexity index is 87.2. The van der Waals surface area contributed by atoms with Crippen molar-refractivity contribution in [1.82, 2.24) is 4.90 Å². The van der Waals surface area contributed by atoms with E-state index in [4.69, 9.17) is 0 Å². The number of hydrogen-bond donors (Lipinski definition) is 0. The van der Waals surface area contributed by atoms with Gasteiger partial charge in [0.1, 0.15) is 0 Å². The first kappa shape index (κ1) is 16.4. The standard InChI is InChI=1S/C11H25N.C2H6/c1-5-9-10-12(8-4)11(6-2)7-3;1-2/h11H,5-10H2,1-4H3;1-2H3. The van der Waals surface area contributed by atoms with E-state index in [0.717, 1.165) is 6.04 Å². The van der Waals surface area contributed by atoms with Crippen LogP contribution in [-0.2, 0) is 0 Å². The van der Waals surface area contributed by atoms with Crippen LogP contribution in [0, 0.1) is 0 Å². The first-order valence-corrected chi connectivity index (χ1v) is 6.54. The molecule has 0 aliphatic carbocycles. The van der Waals surface area contributed by atoms with Crippen LogP contribution >= 0.6 is 0 Å². The molecule has 0 saturated heterocycles. The lowest BCUT2D eigenvalue weighted by atomic mass is 10.1. The van der Waals surface area contributed by atoms with E-state index >= 15 is 0 Å². The Morgan fingerprint density at radius 2 is 1.43 bits per heavy atom. The fourth-order valence-corrected chi connectivity index (χ4v) is 1.77. The molecule has 88 valence electrons. The average Bonchev–Trinajstić information content (AvgIpc) is 2.27. The van der Waals surface area contributed by atoms with Crippen LogP contribution in [0.3, 0.4) is 0 Å². The zero-order chi connectivity index (χ0) is 11.4. The van der Waals surface area contributed by atoms with E-state index in [1.54, 1.807) is 0 Å². The van der Waals surface area contributed by atoms with Crippen molar-refractivity contribution in [3.63, 3.8) is 0 Å². The van der Waals surface area contributed by atoms with Gasteiger partial charge < -0.3 is 4.90 Å². The van der Waals surface area contributed by atoms with Gasteiger partial charge in [0.05, 0.1) is 0 Å². The monoisotopic (exact) mass is 201 g/mol. The topological polar surface area (TPSA) is 3.24 Å². The molecule has 0 heterocycles. The van der Waals surface area contributed by atoms with Gasteiger partial charge in [0.2, 0.25) is 0 Å².